The van der Waals surface area contributed by atoms with E-state index in [1.54, 1.807) is 17.0 Å². The number of carboxylic acids is 1. The second-order valence-corrected chi connectivity index (χ2v) is 10.6. The molecule has 9 heteroatoms. The number of rotatable bonds is 2. The van der Waals surface area contributed by atoms with Crippen LogP contribution >= 0.6 is 0 Å². The number of ether oxygens (including phenoxy) is 1. The van der Waals surface area contributed by atoms with Gasteiger partial charge < -0.3 is 14.7 Å². The monoisotopic (exact) mass is 542 g/mol. The second-order valence-electron chi connectivity index (χ2n) is 10.6. The third-order valence-corrected chi connectivity index (χ3v) is 8.13. The minimum Gasteiger partial charge on any atom is -0.481 e. The number of aryl methyl sites for hydroxylation is 2. The fourth-order valence-corrected chi connectivity index (χ4v) is 5.94. The van der Waals surface area contributed by atoms with Crippen LogP contribution in [0.25, 0.3) is 11.0 Å². The van der Waals surface area contributed by atoms with Gasteiger partial charge in [-0.1, -0.05) is 35.5 Å². The van der Waals surface area contributed by atoms with Crippen LogP contribution in [0, 0.1) is 12.7 Å². The first-order valence-corrected chi connectivity index (χ1v) is 13.7. The second kappa shape index (κ2) is 10.8. The van der Waals surface area contributed by atoms with Crippen LogP contribution in [0.3, 0.4) is 0 Å². The molecule has 206 valence electrons. The molecular weight excluding hydrogens is 511 g/mol. The van der Waals surface area contributed by atoms with Crippen molar-refractivity contribution in [3.63, 3.8) is 0 Å². The Morgan fingerprint density at radius 1 is 1.07 bits per heavy atom. The summed E-state index contributed by atoms with van der Waals surface area (Å²) in [6.07, 6.45) is 1.84. The Balaban J connectivity index is 1.42. The maximum absolute atomic E-state index is 15.0. The minimum absolute atomic E-state index is 0.0596. The van der Waals surface area contributed by atoms with E-state index < -0.39 is 17.7 Å². The first-order chi connectivity index (χ1) is 19.4. The van der Waals surface area contributed by atoms with Gasteiger partial charge in [-0.05, 0) is 77.8 Å². The van der Waals surface area contributed by atoms with Crippen molar-refractivity contribution >= 4 is 22.9 Å². The van der Waals surface area contributed by atoms with Gasteiger partial charge in [0, 0.05) is 32.2 Å². The smallest absolute Gasteiger partial charge is 0.304 e. The summed E-state index contributed by atoms with van der Waals surface area (Å²) in [5.41, 5.74) is 7.21. The molecule has 1 amide bonds. The van der Waals surface area contributed by atoms with Gasteiger partial charge in [-0.3, -0.25) is 9.59 Å². The third kappa shape index (κ3) is 4.97. The maximum Gasteiger partial charge on any atom is 0.304 e. The lowest BCUT2D eigenvalue weighted by Crippen LogP contribution is -2.36. The number of carbonyl (C=O) groups excluding carboxylic acids is 1. The number of carbonyl (C=O) groups is 2. The van der Waals surface area contributed by atoms with Crippen molar-refractivity contribution in [3.8, 4) is 0 Å². The number of halogens is 1. The molecule has 0 radical (unpaired) electrons. The average molecular weight is 543 g/mol. The lowest BCUT2D eigenvalue weighted by molar-refractivity contribution is -0.137. The quantitative estimate of drug-likeness (QED) is 0.396. The number of amides is 1. The highest BCUT2D eigenvalue weighted by atomic mass is 19.1. The highest BCUT2D eigenvalue weighted by molar-refractivity contribution is 5.94. The predicted molar refractivity (Wildman–Crippen MR) is 147 cm³/mol. The van der Waals surface area contributed by atoms with Gasteiger partial charge in [0.25, 0.3) is 5.91 Å². The number of hydrogen-bond acceptors (Lipinski definition) is 5. The van der Waals surface area contributed by atoms with E-state index >= 15 is 4.39 Å². The maximum atomic E-state index is 15.0. The number of carboxylic acid groups (broad SMARTS) is 1. The lowest BCUT2D eigenvalue weighted by Gasteiger charge is -2.30. The Morgan fingerprint density at radius 3 is 2.77 bits per heavy atom. The van der Waals surface area contributed by atoms with E-state index in [0.29, 0.717) is 45.7 Å². The van der Waals surface area contributed by atoms with Crippen molar-refractivity contribution < 1.29 is 23.8 Å². The van der Waals surface area contributed by atoms with E-state index in [0.717, 1.165) is 50.8 Å². The highest BCUT2D eigenvalue weighted by Gasteiger charge is 2.27. The molecular formula is C31H31FN4O4. The van der Waals surface area contributed by atoms with Gasteiger partial charge in [0.1, 0.15) is 11.3 Å². The molecule has 0 saturated carbocycles. The van der Waals surface area contributed by atoms with Crippen LogP contribution in [0.1, 0.15) is 62.5 Å². The SMILES string of the molecule is Cc1c2ccc3c1nnn3CCCOCCc1ccc(c(F)c1)C(=O)N1CCc3ccc(cc3C1)[C@H]2CC(=O)O. The lowest BCUT2D eigenvalue weighted by atomic mass is 9.83. The standard InChI is InChI=1S/C31H31FN4O4/c1-19-24-7-8-28-30(19)33-34-36(28)11-2-13-40-14-10-20-3-6-25(27(32)15-20)31(39)35-12-9-21-4-5-22(16-23(21)18-35)26(24)17-29(37)38/h3-8,15-16,26H,2,9-14,17-18H2,1H3,(H,37,38)/t26-/m1/s1. The van der Waals surface area contributed by atoms with Crippen LogP contribution in [0.15, 0.2) is 48.5 Å². The fraction of sp³-hybridized carbons (Fsp3) is 0.355. The molecule has 9 bridgehead atoms. The zero-order chi connectivity index (χ0) is 27.8. The molecule has 0 fully saturated rings. The first-order valence-electron chi connectivity index (χ1n) is 13.7. The number of hydrogen-bond donors (Lipinski definition) is 1. The average Bonchev–Trinajstić information content (AvgIpc) is 3.36. The molecule has 1 N–H and O–H groups in total. The zero-order valence-corrected chi connectivity index (χ0v) is 22.4. The van der Waals surface area contributed by atoms with Gasteiger partial charge in [0.15, 0.2) is 0 Å². The van der Waals surface area contributed by atoms with Crippen molar-refractivity contribution in [1.82, 2.24) is 19.9 Å². The molecule has 4 aromatic rings. The van der Waals surface area contributed by atoms with Crippen LogP contribution in [0.5, 0.6) is 0 Å². The van der Waals surface area contributed by atoms with Gasteiger partial charge in [0.2, 0.25) is 0 Å². The van der Waals surface area contributed by atoms with Gasteiger partial charge >= 0.3 is 5.97 Å². The fourth-order valence-electron chi connectivity index (χ4n) is 5.94. The van der Waals surface area contributed by atoms with Crippen molar-refractivity contribution in [2.75, 3.05) is 19.8 Å². The molecule has 0 saturated heterocycles. The zero-order valence-electron chi connectivity index (χ0n) is 22.4. The number of aliphatic carboxylic acids is 1. The Kier molecular flexibility index (Phi) is 7.06. The van der Waals surface area contributed by atoms with E-state index in [1.807, 2.05) is 41.9 Å². The van der Waals surface area contributed by atoms with Crippen LogP contribution in [0.2, 0.25) is 0 Å². The van der Waals surface area contributed by atoms with E-state index in [9.17, 15) is 14.7 Å². The predicted octanol–water partition coefficient (Wildman–Crippen LogP) is 4.65. The van der Waals surface area contributed by atoms with E-state index in [-0.39, 0.29) is 17.9 Å². The van der Waals surface area contributed by atoms with Crippen molar-refractivity contribution in [3.05, 3.63) is 93.3 Å². The number of aromatic nitrogens is 3. The Morgan fingerprint density at radius 2 is 1.95 bits per heavy atom. The summed E-state index contributed by atoms with van der Waals surface area (Å²) in [5, 5.41) is 18.6. The minimum atomic E-state index is -0.900. The molecule has 0 aliphatic carbocycles. The van der Waals surface area contributed by atoms with Crippen molar-refractivity contribution in [2.45, 2.75) is 51.6 Å². The number of benzene rings is 3. The first kappa shape index (κ1) is 26.1. The summed E-state index contributed by atoms with van der Waals surface area (Å²) in [7, 11) is 0. The van der Waals surface area contributed by atoms with E-state index in [2.05, 4.69) is 10.3 Å². The van der Waals surface area contributed by atoms with Crippen molar-refractivity contribution in [2.24, 2.45) is 0 Å². The van der Waals surface area contributed by atoms with Crippen molar-refractivity contribution in [1.29, 1.82) is 0 Å². The molecule has 3 aromatic carbocycles. The van der Waals surface area contributed by atoms with E-state index in [1.165, 1.54) is 6.07 Å². The Bertz CT molecular complexity index is 1610. The van der Waals surface area contributed by atoms with E-state index in [4.69, 9.17) is 4.74 Å². The normalized spacial score (nSPS) is 17.9. The molecule has 0 unspecified atom stereocenters. The third-order valence-electron chi connectivity index (χ3n) is 8.13. The molecule has 5 aliphatic rings. The number of nitrogens with zero attached hydrogens (tertiary/aromatic N) is 4. The molecule has 8 nitrogen and oxygen atoms in total. The Hall–Kier alpha value is -4.11. The summed E-state index contributed by atoms with van der Waals surface area (Å²) < 4.78 is 22.7. The van der Waals surface area contributed by atoms with Crippen LogP contribution in [-0.4, -0.2) is 56.6 Å². The highest BCUT2D eigenvalue weighted by Crippen LogP contribution is 2.35. The summed E-state index contributed by atoms with van der Waals surface area (Å²) in [4.78, 5) is 27.0. The molecule has 5 aliphatic heterocycles. The molecule has 6 heterocycles. The summed E-state index contributed by atoms with van der Waals surface area (Å²) in [5.74, 6) is -2.17. The van der Waals surface area contributed by atoms with Gasteiger partial charge in [0.05, 0.1) is 24.1 Å². The molecule has 1 atom stereocenters. The van der Waals surface area contributed by atoms with Gasteiger partial charge in [-0.25, -0.2) is 9.07 Å². The van der Waals surface area contributed by atoms with Gasteiger partial charge in [-0.2, -0.15) is 0 Å². The molecule has 0 spiro atoms. The molecule has 40 heavy (non-hydrogen) atoms. The summed E-state index contributed by atoms with van der Waals surface area (Å²) in [6.45, 7) is 4.38. The topological polar surface area (TPSA) is 97.5 Å². The van der Waals surface area contributed by atoms with Gasteiger partial charge in [-0.15, -0.1) is 5.10 Å². The largest absolute Gasteiger partial charge is 0.481 e. The van der Waals surface area contributed by atoms with Crippen LogP contribution < -0.4 is 0 Å². The molecule has 1 aromatic heterocycles. The Labute approximate surface area is 231 Å². The summed E-state index contributed by atoms with van der Waals surface area (Å²) in [6, 6.07) is 14.8. The summed E-state index contributed by atoms with van der Waals surface area (Å²) >= 11 is 0. The van der Waals surface area contributed by atoms with Crippen LogP contribution in [0.4, 0.5) is 4.39 Å². The van der Waals surface area contributed by atoms with Crippen LogP contribution in [-0.2, 0) is 35.5 Å². The molecule has 9 rings (SSSR count).